The number of unbranched alkanes of at least 4 members (excludes halogenated alkanes) is 12. The number of allylic oxidation sites excluding steroid dienone is 2. The SMILES string of the molecule is CCCCCCCC/C=C\CCCCCCCC[C@@]1(n2ccc(N)nc2=O)O[C@H](CO)[C@@H](O)[C@H]1O. The molecule has 0 unspecified atom stereocenters. The molecule has 0 aromatic carbocycles. The van der Waals surface area contributed by atoms with Crippen LogP contribution in [0.3, 0.4) is 0 Å². The van der Waals surface area contributed by atoms with Crippen LogP contribution < -0.4 is 11.4 Å². The van der Waals surface area contributed by atoms with Gasteiger partial charge in [0.1, 0.15) is 24.1 Å². The molecule has 1 aromatic rings. The van der Waals surface area contributed by atoms with Crippen LogP contribution in [-0.4, -0.2) is 49.8 Å². The minimum Gasteiger partial charge on any atom is -0.394 e. The van der Waals surface area contributed by atoms with Crippen molar-refractivity contribution in [3.8, 4) is 0 Å². The molecule has 0 radical (unpaired) electrons. The Labute approximate surface area is 210 Å². The number of aromatic nitrogens is 2. The van der Waals surface area contributed by atoms with Gasteiger partial charge in [-0.2, -0.15) is 4.98 Å². The lowest BCUT2D eigenvalue weighted by Crippen LogP contribution is -2.50. The van der Waals surface area contributed by atoms with Gasteiger partial charge >= 0.3 is 5.69 Å². The van der Waals surface area contributed by atoms with E-state index in [9.17, 15) is 20.1 Å². The van der Waals surface area contributed by atoms with Gasteiger partial charge in [-0.3, -0.25) is 4.57 Å². The Morgan fingerprint density at radius 1 is 1.00 bits per heavy atom. The molecule has 0 bridgehead atoms. The zero-order valence-electron chi connectivity index (χ0n) is 21.5. The monoisotopic (exact) mass is 493 g/mol. The Bertz CT molecular complexity index is 799. The largest absolute Gasteiger partial charge is 0.394 e. The summed E-state index contributed by atoms with van der Waals surface area (Å²) in [6.07, 6.45) is 19.3. The second-order valence-electron chi connectivity index (χ2n) is 9.81. The number of hydrogen-bond acceptors (Lipinski definition) is 7. The van der Waals surface area contributed by atoms with E-state index in [4.69, 9.17) is 10.5 Å². The molecule has 8 nitrogen and oxygen atoms in total. The summed E-state index contributed by atoms with van der Waals surface area (Å²) in [5.41, 5.74) is 3.48. The molecule has 1 saturated heterocycles. The first-order chi connectivity index (χ1) is 17.0. The van der Waals surface area contributed by atoms with Gasteiger partial charge in [-0.05, 0) is 44.6 Å². The van der Waals surface area contributed by atoms with Gasteiger partial charge in [0.2, 0.25) is 0 Å². The molecule has 0 aliphatic carbocycles. The lowest BCUT2D eigenvalue weighted by atomic mass is 9.95. The van der Waals surface area contributed by atoms with E-state index in [-0.39, 0.29) is 5.82 Å². The topological polar surface area (TPSA) is 131 Å². The van der Waals surface area contributed by atoms with Crippen LogP contribution in [-0.2, 0) is 10.5 Å². The van der Waals surface area contributed by atoms with E-state index >= 15 is 0 Å². The number of nitrogens with two attached hydrogens (primary N) is 1. The number of hydrogen-bond donors (Lipinski definition) is 4. The Hall–Kier alpha value is -1.74. The number of anilines is 1. The van der Waals surface area contributed by atoms with E-state index in [1.54, 1.807) is 0 Å². The zero-order chi connectivity index (χ0) is 25.5. The van der Waals surface area contributed by atoms with Crippen molar-refractivity contribution in [2.45, 2.75) is 127 Å². The lowest BCUT2D eigenvalue weighted by molar-refractivity contribution is -0.156. The molecule has 4 atom stereocenters. The van der Waals surface area contributed by atoms with Crippen LogP contribution in [0.25, 0.3) is 0 Å². The standard InChI is InChI=1S/C27H47N3O5/c1-2-3-4-5-6-7-8-9-10-11-12-13-14-15-16-17-19-27(25(33)24(32)22(21-31)35-27)30-20-18-23(28)29-26(30)34/h9-10,18,20,22,24-25,31-33H,2-8,11-17,19,21H2,1H3,(H2,28,29,34)/b10-9-/t22-,24-,25-,27-/m1/s1. The summed E-state index contributed by atoms with van der Waals surface area (Å²) >= 11 is 0. The lowest BCUT2D eigenvalue weighted by Gasteiger charge is -2.34. The van der Waals surface area contributed by atoms with Crippen LogP contribution in [0.1, 0.15) is 103 Å². The summed E-state index contributed by atoms with van der Waals surface area (Å²) in [6, 6.07) is 1.46. The molecule has 8 heteroatoms. The molecule has 2 heterocycles. The summed E-state index contributed by atoms with van der Waals surface area (Å²) < 4.78 is 7.08. The maximum absolute atomic E-state index is 12.5. The fraction of sp³-hybridized carbons (Fsp3) is 0.778. The molecule has 2 rings (SSSR count). The maximum Gasteiger partial charge on any atom is 0.351 e. The minimum atomic E-state index is -1.47. The predicted molar refractivity (Wildman–Crippen MR) is 139 cm³/mol. The number of aliphatic hydroxyl groups excluding tert-OH is 3. The van der Waals surface area contributed by atoms with Gasteiger partial charge in [0.15, 0.2) is 5.72 Å². The van der Waals surface area contributed by atoms with Crippen molar-refractivity contribution in [2.24, 2.45) is 0 Å². The Kier molecular flexibility index (Phi) is 13.6. The molecule has 1 aliphatic rings. The van der Waals surface area contributed by atoms with E-state index in [1.807, 2.05) is 0 Å². The van der Waals surface area contributed by atoms with Crippen molar-refractivity contribution < 1.29 is 20.1 Å². The highest BCUT2D eigenvalue weighted by atomic mass is 16.6. The molecular formula is C27H47N3O5. The normalized spacial score (nSPS) is 24.5. The Morgan fingerprint density at radius 3 is 2.11 bits per heavy atom. The highest BCUT2D eigenvalue weighted by Crippen LogP contribution is 2.39. The zero-order valence-corrected chi connectivity index (χ0v) is 21.5. The molecule has 1 fully saturated rings. The minimum absolute atomic E-state index is 0.0744. The third-order valence-electron chi connectivity index (χ3n) is 6.98. The third kappa shape index (κ3) is 9.01. The van der Waals surface area contributed by atoms with Crippen molar-refractivity contribution in [3.63, 3.8) is 0 Å². The summed E-state index contributed by atoms with van der Waals surface area (Å²) in [5, 5.41) is 30.6. The van der Waals surface area contributed by atoms with E-state index < -0.39 is 36.3 Å². The summed E-state index contributed by atoms with van der Waals surface area (Å²) in [6.45, 7) is 1.80. The van der Waals surface area contributed by atoms with E-state index in [2.05, 4.69) is 24.1 Å². The van der Waals surface area contributed by atoms with Crippen molar-refractivity contribution in [1.29, 1.82) is 0 Å². The smallest absolute Gasteiger partial charge is 0.351 e. The third-order valence-corrected chi connectivity index (χ3v) is 6.98. The molecular weight excluding hydrogens is 446 g/mol. The number of nitrogen functional groups attached to an aromatic ring is 1. The van der Waals surface area contributed by atoms with Crippen molar-refractivity contribution in [2.75, 3.05) is 12.3 Å². The number of ether oxygens (including phenoxy) is 1. The molecule has 1 aliphatic heterocycles. The van der Waals surface area contributed by atoms with E-state index in [0.717, 1.165) is 25.7 Å². The fourth-order valence-corrected chi connectivity index (χ4v) is 4.87. The van der Waals surface area contributed by atoms with Crippen LogP contribution in [0.15, 0.2) is 29.2 Å². The molecule has 1 aromatic heterocycles. The van der Waals surface area contributed by atoms with Crippen LogP contribution >= 0.6 is 0 Å². The van der Waals surface area contributed by atoms with Crippen LogP contribution in [0, 0.1) is 0 Å². The summed E-state index contributed by atoms with van der Waals surface area (Å²) in [5.74, 6) is 0.0744. The summed E-state index contributed by atoms with van der Waals surface area (Å²) in [7, 11) is 0. The van der Waals surface area contributed by atoms with Gasteiger partial charge in [0.25, 0.3) is 0 Å². The Morgan fingerprint density at radius 2 is 1.57 bits per heavy atom. The molecule has 5 N–H and O–H groups in total. The van der Waals surface area contributed by atoms with Crippen LogP contribution in [0.2, 0.25) is 0 Å². The second kappa shape index (κ2) is 16.1. The van der Waals surface area contributed by atoms with Crippen molar-refractivity contribution >= 4 is 5.82 Å². The Balaban J connectivity index is 1.68. The van der Waals surface area contributed by atoms with Gasteiger partial charge in [-0.15, -0.1) is 0 Å². The number of nitrogens with zero attached hydrogens (tertiary/aromatic N) is 2. The highest BCUT2D eigenvalue weighted by Gasteiger charge is 2.55. The van der Waals surface area contributed by atoms with Gasteiger partial charge < -0.3 is 25.8 Å². The fourth-order valence-electron chi connectivity index (χ4n) is 4.87. The van der Waals surface area contributed by atoms with Crippen LogP contribution in [0.5, 0.6) is 0 Å². The maximum atomic E-state index is 12.5. The molecule has 0 saturated carbocycles. The van der Waals surface area contributed by atoms with Gasteiger partial charge in [0.05, 0.1) is 6.61 Å². The highest BCUT2D eigenvalue weighted by molar-refractivity contribution is 5.24. The first-order valence-corrected chi connectivity index (χ1v) is 13.6. The second-order valence-corrected chi connectivity index (χ2v) is 9.81. The first kappa shape index (κ1) is 29.5. The predicted octanol–water partition coefficient (Wildman–Crippen LogP) is 4.02. The molecule has 0 spiro atoms. The van der Waals surface area contributed by atoms with E-state index in [0.29, 0.717) is 12.8 Å². The van der Waals surface area contributed by atoms with E-state index in [1.165, 1.54) is 74.6 Å². The molecule has 0 amide bonds. The van der Waals surface area contributed by atoms with Gasteiger partial charge in [-0.25, -0.2) is 4.79 Å². The van der Waals surface area contributed by atoms with Gasteiger partial charge in [-0.1, -0.05) is 76.9 Å². The molecule has 200 valence electrons. The van der Waals surface area contributed by atoms with Crippen molar-refractivity contribution in [1.82, 2.24) is 9.55 Å². The molecule has 35 heavy (non-hydrogen) atoms. The average Bonchev–Trinajstić information content (AvgIpc) is 3.09. The van der Waals surface area contributed by atoms with Crippen molar-refractivity contribution in [3.05, 3.63) is 34.9 Å². The summed E-state index contributed by atoms with van der Waals surface area (Å²) in [4.78, 5) is 16.2. The average molecular weight is 494 g/mol. The van der Waals surface area contributed by atoms with Crippen LogP contribution in [0.4, 0.5) is 5.82 Å². The number of rotatable bonds is 18. The first-order valence-electron chi connectivity index (χ1n) is 13.6. The number of aliphatic hydroxyl groups is 3. The quantitative estimate of drug-likeness (QED) is 0.179. The van der Waals surface area contributed by atoms with Gasteiger partial charge in [0, 0.05) is 6.20 Å².